The van der Waals surface area contributed by atoms with Crippen LogP contribution in [-0.4, -0.2) is 19.9 Å². The van der Waals surface area contributed by atoms with Crippen LogP contribution in [0.1, 0.15) is 11.3 Å². The van der Waals surface area contributed by atoms with Crippen LogP contribution >= 0.6 is 0 Å². The van der Waals surface area contributed by atoms with Gasteiger partial charge in [-0.15, -0.1) is 5.10 Å². The summed E-state index contributed by atoms with van der Waals surface area (Å²) in [6.07, 6.45) is 3.17. The first-order valence-electron chi connectivity index (χ1n) is 8.12. The van der Waals surface area contributed by atoms with Crippen molar-refractivity contribution in [3.8, 4) is 17.1 Å². The Hall–Kier alpha value is -3.48. The molecule has 0 radical (unpaired) electrons. The molecule has 0 unspecified atom stereocenters. The van der Waals surface area contributed by atoms with E-state index in [1.165, 1.54) is 28.6 Å². The van der Waals surface area contributed by atoms with E-state index in [4.69, 9.17) is 4.52 Å². The zero-order valence-corrected chi connectivity index (χ0v) is 14.1. The molecule has 0 amide bonds. The normalized spacial score (nSPS) is 10.8. The molecule has 6 nitrogen and oxygen atoms in total. The molecule has 0 saturated heterocycles. The zero-order valence-electron chi connectivity index (χ0n) is 14.1. The van der Waals surface area contributed by atoms with Crippen LogP contribution in [0, 0.1) is 12.7 Å². The molecule has 0 bridgehead atoms. The van der Waals surface area contributed by atoms with Crippen LogP contribution in [-0.2, 0) is 6.54 Å². The Morgan fingerprint density at radius 1 is 1.15 bits per heavy atom. The number of nitrogens with zero attached hydrogens (tertiary/aromatic N) is 4. The Labute approximate surface area is 149 Å². The Balaban J connectivity index is 1.44. The second-order valence-corrected chi connectivity index (χ2v) is 5.85. The molecule has 0 aliphatic heterocycles. The highest BCUT2D eigenvalue weighted by Crippen LogP contribution is 2.20. The quantitative estimate of drug-likeness (QED) is 0.590. The second kappa shape index (κ2) is 6.79. The van der Waals surface area contributed by atoms with Gasteiger partial charge in [0.1, 0.15) is 11.5 Å². The van der Waals surface area contributed by atoms with E-state index >= 15 is 0 Å². The summed E-state index contributed by atoms with van der Waals surface area (Å²) in [4.78, 5) is 3.99. The molecule has 0 aliphatic carbocycles. The number of benzene rings is 1. The van der Waals surface area contributed by atoms with Crippen molar-refractivity contribution in [2.24, 2.45) is 0 Å². The Morgan fingerprint density at radius 2 is 2.00 bits per heavy atom. The fourth-order valence-corrected chi connectivity index (χ4v) is 2.52. The van der Waals surface area contributed by atoms with Crippen molar-refractivity contribution in [1.82, 2.24) is 19.9 Å². The van der Waals surface area contributed by atoms with E-state index in [1.807, 2.05) is 37.3 Å². The SMILES string of the molecule is Cc1ccc(-c2cc(CNc3ccn(-c4ncccc4F)n3)on2)cc1. The third-order valence-electron chi connectivity index (χ3n) is 3.90. The van der Waals surface area contributed by atoms with Gasteiger partial charge in [-0.05, 0) is 19.1 Å². The number of aromatic nitrogens is 4. The third kappa shape index (κ3) is 3.32. The average Bonchev–Trinajstić information content (AvgIpc) is 3.30. The minimum Gasteiger partial charge on any atom is -0.361 e. The molecular formula is C19H16FN5O. The first kappa shape index (κ1) is 16.0. The third-order valence-corrected chi connectivity index (χ3v) is 3.90. The maximum atomic E-state index is 13.8. The number of hydrogen-bond donors (Lipinski definition) is 1. The topological polar surface area (TPSA) is 68.8 Å². The minimum absolute atomic E-state index is 0.155. The fourth-order valence-electron chi connectivity index (χ4n) is 2.52. The Morgan fingerprint density at radius 3 is 2.81 bits per heavy atom. The predicted octanol–water partition coefficient (Wildman–Crippen LogP) is 3.98. The smallest absolute Gasteiger partial charge is 0.189 e. The van der Waals surface area contributed by atoms with E-state index < -0.39 is 5.82 Å². The molecule has 0 aliphatic rings. The van der Waals surface area contributed by atoms with E-state index in [-0.39, 0.29) is 5.82 Å². The van der Waals surface area contributed by atoms with E-state index in [2.05, 4.69) is 20.6 Å². The van der Waals surface area contributed by atoms with Crippen molar-refractivity contribution in [3.05, 3.63) is 78.1 Å². The summed E-state index contributed by atoms with van der Waals surface area (Å²) in [5.41, 5.74) is 2.97. The Kier molecular flexibility index (Phi) is 4.18. The van der Waals surface area contributed by atoms with Crippen LogP contribution in [0.3, 0.4) is 0 Å². The average molecular weight is 349 g/mol. The molecular weight excluding hydrogens is 333 g/mol. The van der Waals surface area contributed by atoms with Gasteiger partial charge in [-0.2, -0.15) is 0 Å². The largest absolute Gasteiger partial charge is 0.361 e. The van der Waals surface area contributed by atoms with Crippen molar-refractivity contribution < 1.29 is 8.91 Å². The van der Waals surface area contributed by atoms with Crippen LogP contribution in [0.5, 0.6) is 0 Å². The highest BCUT2D eigenvalue weighted by Gasteiger charge is 2.09. The van der Waals surface area contributed by atoms with Gasteiger partial charge in [-0.3, -0.25) is 0 Å². The maximum Gasteiger partial charge on any atom is 0.189 e. The molecule has 26 heavy (non-hydrogen) atoms. The molecule has 1 N–H and O–H groups in total. The summed E-state index contributed by atoms with van der Waals surface area (Å²) in [6.45, 7) is 2.46. The molecule has 1 aromatic carbocycles. The molecule has 3 aromatic heterocycles. The number of halogens is 1. The van der Waals surface area contributed by atoms with Crippen LogP contribution in [0.15, 0.2) is 65.4 Å². The van der Waals surface area contributed by atoms with Gasteiger partial charge in [0.05, 0.1) is 6.54 Å². The molecule has 4 rings (SSSR count). The van der Waals surface area contributed by atoms with Crippen LogP contribution in [0.4, 0.5) is 10.2 Å². The minimum atomic E-state index is -0.430. The molecule has 0 fully saturated rings. The first-order valence-corrected chi connectivity index (χ1v) is 8.12. The van der Waals surface area contributed by atoms with Gasteiger partial charge in [0.2, 0.25) is 0 Å². The molecule has 3 heterocycles. The summed E-state index contributed by atoms with van der Waals surface area (Å²) in [5.74, 6) is 0.990. The summed E-state index contributed by atoms with van der Waals surface area (Å²) < 4.78 is 20.5. The summed E-state index contributed by atoms with van der Waals surface area (Å²) in [7, 11) is 0. The second-order valence-electron chi connectivity index (χ2n) is 5.85. The first-order chi connectivity index (χ1) is 12.7. The molecule has 4 aromatic rings. The summed E-state index contributed by atoms with van der Waals surface area (Å²) in [5, 5.41) is 11.5. The summed E-state index contributed by atoms with van der Waals surface area (Å²) >= 11 is 0. The van der Waals surface area contributed by atoms with Crippen LogP contribution < -0.4 is 5.32 Å². The maximum absolute atomic E-state index is 13.8. The summed E-state index contributed by atoms with van der Waals surface area (Å²) in [6, 6.07) is 14.6. The van der Waals surface area contributed by atoms with Gasteiger partial charge in [-0.25, -0.2) is 14.1 Å². The lowest BCUT2D eigenvalue weighted by Gasteiger charge is -2.01. The van der Waals surface area contributed by atoms with Crippen LogP contribution in [0.2, 0.25) is 0 Å². The standard InChI is InChI=1S/C19H16FN5O/c1-13-4-6-14(7-5-13)17-11-15(26-24-17)12-22-18-8-10-25(23-18)19-16(20)3-2-9-21-19/h2-11H,12H2,1H3,(H,22,23). The number of aryl methyl sites for hydroxylation is 1. The lowest BCUT2D eigenvalue weighted by molar-refractivity contribution is 0.390. The zero-order chi connectivity index (χ0) is 17.9. The van der Waals surface area contributed by atoms with Crippen molar-refractivity contribution in [3.63, 3.8) is 0 Å². The number of nitrogens with one attached hydrogen (secondary N) is 1. The fraction of sp³-hybridized carbons (Fsp3) is 0.105. The molecule has 0 atom stereocenters. The van der Waals surface area contributed by atoms with E-state index in [0.717, 1.165) is 11.3 Å². The highest BCUT2D eigenvalue weighted by atomic mass is 19.1. The van der Waals surface area contributed by atoms with Crippen molar-refractivity contribution in [2.75, 3.05) is 5.32 Å². The van der Waals surface area contributed by atoms with Gasteiger partial charge in [0.15, 0.2) is 17.4 Å². The Bertz CT molecular complexity index is 1020. The number of pyridine rings is 1. The number of hydrogen-bond acceptors (Lipinski definition) is 5. The lowest BCUT2D eigenvalue weighted by atomic mass is 10.1. The number of anilines is 1. The van der Waals surface area contributed by atoms with Gasteiger partial charge >= 0.3 is 0 Å². The highest BCUT2D eigenvalue weighted by molar-refractivity contribution is 5.59. The molecule has 0 saturated carbocycles. The van der Waals surface area contributed by atoms with Crippen molar-refractivity contribution in [2.45, 2.75) is 13.5 Å². The van der Waals surface area contributed by atoms with Gasteiger partial charge < -0.3 is 9.84 Å². The van der Waals surface area contributed by atoms with Crippen LogP contribution in [0.25, 0.3) is 17.1 Å². The molecule has 130 valence electrons. The number of rotatable bonds is 5. The molecule has 7 heteroatoms. The van der Waals surface area contributed by atoms with Gasteiger partial charge in [0.25, 0.3) is 0 Å². The van der Waals surface area contributed by atoms with E-state index in [9.17, 15) is 4.39 Å². The van der Waals surface area contributed by atoms with Crippen molar-refractivity contribution >= 4 is 5.82 Å². The lowest BCUT2D eigenvalue weighted by Crippen LogP contribution is -2.03. The molecule has 0 spiro atoms. The predicted molar refractivity (Wildman–Crippen MR) is 95.3 cm³/mol. The van der Waals surface area contributed by atoms with Gasteiger partial charge in [0, 0.05) is 30.1 Å². The monoisotopic (exact) mass is 349 g/mol. The van der Waals surface area contributed by atoms with E-state index in [0.29, 0.717) is 18.1 Å². The van der Waals surface area contributed by atoms with E-state index in [1.54, 1.807) is 12.3 Å². The van der Waals surface area contributed by atoms with Gasteiger partial charge in [-0.1, -0.05) is 35.0 Å². The van der Waals surface area contributed by atoms with Crippen molar-refractivity contribution in [1.29, 1.82) is 0 Å².